The standard InChI is InChI=1S/C14H21ClN2O2/c1-4-14(3)6-5-7-17(9-14)12(18)8-11-10(2)16-19-13(11)15/h4-9H2,1-3H3/t14-/m0/s1. The zero-order valence-electron chi connectivity index (χ0n) is 11.8. The summed E-state index contributed by atoms with van der Waals surface area (Å²) in [4.78, 5) is 14.3. The van der Waals surface area contributed by atoms with E-state index in [-0.39, 0.29) is 23.0 Å². The van der Waals surface area contributed by atoms with Crippen molar-refractivity contribution in [1.82, 2.24) is 10.1 Å². The number of aryl methyl sites for hydroxylation is 1. The highest BCUT2D eigenvalue weighted by atomic mass is 35.5. The molecule has 1 aliphatic rings. The number of rotatable bonds is 3. The maximum absolute atomic E-state index is 12.4. The van der Waals surface area contributed by atoms with Crippen molar-refractivity contribution in [1.29, 1.82) is 0 Å². The molecular formula is C14H21ClN2O2. The SMILES string of the molecule is CC[C@@]1(C)CCCN(C(=O)Cc2c(C)noc2Cl)C1. The molecule has 1 aliphatic heterocycles. The molecule has 1 fully saturated rings. The van der Waals surface area contributed by atoms with Crippen LogP contribution < -0.4 is 0 Å². The summed E-state index contributed by atoms with van der Waals surface area (Å²) in [6, 6.07) is 0. The van der Waals surface area contributed by atoms with Gasteiger partial charge in [0.1, 0.15) is 0 Å². The molecule has 0 aliphatic carbocycles. The maximum Gasteiger partial charge on any atom is 0.229 e. The molecular weight excluding hydrogens is 264 g/mol. The van der Waals surface area contributed by atoms with Gasteiger partial charge in [0.25, 0.3) is 0 Å². The number of piperidine rings is 1. The summed E-state index contributed by atoms with van der Waals surface area (Å²) < 4.78 is 4.89. The summed E-state index contributed by atoms with van der Waals surface area (Å²) in [6.45, 7) is 7.93. The van der Waals surface area contributed by atoms with Crippen molar-refractivity contribution in [3.05, 3.63) is 16.5 Å². The molecule has 0 unspecified atom stereocenters. The van der Waals surface area contributed by atoms with Gasteiger partial charge in [0.15, 0.2) is 0 Å². The highest BCUT2D eigenvalue weighted by Gasteiger charge is 2.32. The number of carbonyl (C=O) groups is 1. The van der Waals surface area contributed by atoms with E-state index < -0.39 is 0 Å². The van der Waals surface area contributed by atoms with Crippen molar-refractivity contribution in [2.75, 3.05) is 13.1 Å². The van der Waals surface area contributed by atoms with E-state index in [1.807, 2.05) is 11.8 Å². The molecule has 0 N–H and O–H groups in total. The number of aromatic nitrogens is 1. The Labute approximate surface area is 119 Å². The molecule has 4 nitrogen and oxygen atoms in total. The molecule has 1 atom stereocenters. The number of likely N-dealkylation sites (tertiary alicyclic amines) is 1. The van der Waals surface area contributed by atoms with Crippen molar-refractivity contribution >= 4 is 17.5 Å². The average molecular weight is 285 g/mol. The van der Waals surface area contributed by atoms with Gasteiger partial charge in [-0.25, -0.2) is 0 Å². The van der Waals surface area contributed by atoms with Crippen molar-refractivity contribution in [3.63, 3.8) is 0 Å². The molecule has 106 valence electrons. The molecule has 1 amide bonds. The van der Waals surface area contributed by atoms with Crippen LogP contribution in [0.3, 0.4) is 0 Å². The Hall–Kier alpha value is -1.03. The van der Waals surface area contributed by atoms with Gasteiger partial charge in [-0.2, -0.15) is 0 Å². The van der Waals surface area contributed by atoms with E-state index in [0.29, 0.717) is 5.69 Å². The topological polar surface area (TPSA) is 46.3 Å². The second-order valence-electron chi connectivity index (χ2n) is 5.78. The highest BCUT2D eigenvalue weighted by Crippen LogP contribution is 2.33. The molecule has 0 spiro atoms. The van der Waals surface area contributed by atoms with Gasteiger partial charge in [-0.3, -0.25) is 4.79 Å². The van der Waals surface area contributed by atoms with Crippen LogP contribution in [0.1, 0.15) is 44.4 Å². The minimum Gasteiger partial charge on any atom is -0.344 e. The number of halogens is 1. The van der Waals surface area contributed by atoms with Gasteiger partial charge in [0, 0.05) is 18.7 Å². The Morgan fingerprint density at radius 2 is 2.32 bits per heavy atom. The minimum absolute atomic E-state index is 0.118. The average Bonchev–Trinajstić information content (AvgIpc) is 2.70. The lowest BCUT2D eigenvalue weighted by molar-refractivity contribution is -0.133. The predicted octanol–water partition coefficient (Wildman–Crippen LogP) is 3.22. The lowest BCUT2D eigenvalue weighted by atomic mass is 9.79. The van der Waals surface area contributed by atoms with Crippen LogP contribution >= 0.6 is 11.6 Å². The third-order valence-electron chi connectivity index (χ3n) is 4.25. The third-order valence-corrected chi connectivity index (χ3v) is 4.55. The van der Waals surface area contributed by atoms with Crippen molar-refractivity contribution < 1.29 is 9.32 Å². The van der Waals surface area contributed by atoms with Gasteiger partial charge in [-0.15, -0.1) is 0 Å². The van der Waals surface area contributed by atoms with Crippen LogP contribution in [0.2, 0.25) is 5.22 Å². The Morgan fingerprint density at radius 3 is 2.89 bits per heavy atom. The summed E-state index contributed by atoms with van der Waals surface area (Å²) in [7, 11) is 0. The van der Waals surface area contributed by atoms with E-state index in [2.05, 4.69) is 19.0 Å². The normalized spacial score (nSPS) is 23.7. The van der Waals surface area contributed by atoms with Crippen LogP contribution in [-0.2, 0) is 11.2 Å². The number of amides is 1. The van der Waals surface area contributed by atoms with E-state index in [0.717, 1.165) is 31.5 Å². The van der Waals surface area contributed by atoms with Crippen LogP contribution in [0.4, 0.5) is 0 Å². The van der Waals surface area contributed by atoms with Gasteiger partial charge in [-0.1, -0.05) is 19.0 Å². The maximum atomic E-state index is 12.4. The van der Waals surface area contributed by atoms with Crippen molar-refractivity contribution in [2.24, 2.45) is 5.41 Å². The molecule has 2 rings (SSSR count). The number of nitrogens with zero attached hydrogens (tertiary/aromatic N) is 2. The van der Waals surface area contributed by atoms with Gasteiger partial charge < -0.3 is 9.42 Å². The van der Waals surface area contributed by atoms with E-state index in [1.165, 1.54) is 6.42 Å². The second kappa shape index (κ2) is 5.53. The predicted molar refractivity (Wildman–Crippen MR) is 74.2 cm³/mol. The summed E-state index contributed by atoms with van der Waals surface area (Å²) in [5.41, 5.74) is 1.67. The van der Waals surface area contributed by atoms with Crippen molar-refractivity contribution in [2.45, 2.75) is 46.5 Å². The Morgan fingerprint density at radius 1 is 1.58 bits per heavy atom. The fraction of sp³-hybridized carbons (Fsp3) is 0.714. The molecule has 0 saturated carbocycles. The molecule has 2 heterocycles. The van der Waals surface area contributed by atoms with Crippen LogP contribution in [0.25, 0.3) is 0 Å². The first-order valence-corrected chi connectivity index (χ1v) is 7.21. The molecule has 0 bridgehead atoms. The molecule has 0 aromatic carbocycles. The van der Waals surface area contributed by atoms with Crippen molar-refractivity contribution in [3.8, 4) is 0 Å². The van der Waals surface area contributed by atoms with E-state index in [9.17, 15) is 4.79 Å². The molecule has 0 radical (unpaired) electrons. The number of carbonyl (C=O) groups excluding carboxylic acids is 1. The summed E-state index contributed by atoms with van der Waals surface area (Å²) >= 11 is 5.91. The summed E-state index contributed by atoms with van der Waals surface area (Å²) in [6.07, 6.45) is 3.66. The third kappa shape index (κ3) is 3.11. The first kappa shape index (κ1) is 14.4. The Bertz CT molecular complexity index is 453. The second-order valence-corrected chi connectivity index (χ2v) is 6.12. The van der Waals surface area contributed by atoms with E-state index >= 15 is 0 Å². The molecule has 1 aromatic rings. The number of hydrogen-bond donors (Lipinski definition) is 0. The minimum atomic E-state index is 0.118. The zero-order valence-corrected chi connectivity index (χ0v) is 12.6. The first-order valence-electron chi connectivity index (χ1n) is 6.83. The van der Waals surface area contributed by atoms with Gasteiger partial charge >= 0.3 is 0 Å². The largest absolute Gasteiger partial charge is 0.344 e. The van der Waals surface area contributed by atoms with Gasteiger partial charge in [0.05, 0.1) is 12.1 Å². The quantitative estimate of drug-likeness (QED) is 0.856. The zero-order chi connectivity index (χ0) is 14.0. The monoisotopic (exact) mass is 284 g/mol. The summed E-state index contributed by atoms with van der Waals surface area (Å²) in [5.74, 6) is 0.118. The van der Waals surface area contributed by atoms with Gasteiger partial charge in [-0.05, 0) is 43.2 Å². The van der Waals surface area contributed by atoms with E-state index in [4.69, 9.17) is 16.1 Å². The fourth-order valence-corrected chi connectivity index (χ4v) is 2.88. The Kier molecular flexibility index (Phi) is 4.19. The smallest absolute Gasteiger partial charge is 0.229 e. The number of hydrogen-bond acceptors (Lipinski definition) is 3. The molecule has 19 heavy (non-hydrogen) atoms. The van der Waals surface area contributed by atoms with Gasteiger partial charge in [0.2, 0.25) is 11.1 Å². The van der Waals surface area contributed by atoms with Crippen LogP contribution in [0.15, 0.2) is 4.52 Å². The molecule has 1 saturated heterocycles. The van der Waals surface area contributed by atoms with Crippen LogP contribution in [0.5, 0.6) is 0 Å². The molecule has 5 heteroatoms. The lowest BCUT2D eigenvalue weighted by Gasteiger charge is -2.40. The highest BCUT2D eigenvalue weighted by molar-refractivity contribution is 6.29. The first-order chi connectivity index (χ1) is 8.95. The van der Waals surface area contributed by atoms with Crippen LogP contribution in [0, 0.1) is 12.3 Å². The fourth-order valence-electron chi connectivity index (χ4n) is 2.64. The Balaban J connectivity index is 2.04. The summed E-state index contributed by atoms with van der Waals surface area (Å²) in [5, 5.41) is 4.02. The lowest BCUT2D eigenvalue weighted by Crippen LogP contribution is -2.45. The van der Waals surface area contributed by atoms with E-state index in [1.54, 1.807) is 0 Å². The van der Waals surface area contributed by atoms with Crippen LogP contribution in [-0.4, -0.2) is 29.1 Å². The molecule has 1 aromatic heterocycles.